The number of nitrogens with zero attached hydrogens (tertiary/aromatic N) is 2. The van der Waals surface area contributed by atoms with E-state index < -0.39 is 15.9 Å². The van der Waals surface area contributed by atoms with Gasteiger partial charge in [-0.05, 0) is 56.1 Å². The van der Waals surface area contributed by atoms with E-state index in [0.29, 0.717) is 6.54 Å². The van der Waals surface area contributed by atoms with Crippen LogP contribution in [0.5, 0.6) is 0 Å². The van der Waals surface area contributed by atoms with E-state index in [0.717, 1.165) is 24.5 Å². The number of rotatable bonds is 6. The van der Waals surface area contributed by atoms with Gasteiger partial charge in [0.2, 0.25) is 5.09 Å². The van der Waals surface area contributed by atoms with E-state index in [-0.39, 0.29) is 10.9 Å². The first-order valence-electron chi connectivity index (χ1n) is 8.51. The number of hydrogen-bond donors (Lipinski definition) is 2. The average molecular weight is 378 g/mol. The molecule has 0 bridgehead atoms. The molecule has 0 saturated carbocycles. The van der Waals surface area contributed by atoms with E-state index in [1.54, 1.807) is 6.20 Å². The molecule has 2 aromatic heterocycles. The third-order valence-electron chi connectivity index (χ3n) is 4.28. The zero-order chi connectivity index (χ0) is 18.6. The Bertz CT molecular complexity index is 872. The van der Waals surface area contributed by atoms with Crippen LogP contribution in [0.4, 0.5) is 5.82 Å². The van der Waals surface area contributed by atoms with Crippen molar-refractivity contribution in [2.75, 3.05) is 25.0 Å². The van der Waals surface area contributed by atoms with Gasteiger partial charge in [0, 0.05) is 25.8 Å². The maximum atomic E-state index is 12.2. The zero-order valence-corrected chi connectivity index (χ0v) is 15.4. The molecular formula is C17H22N4O4S. The second-order valence-electron chi connectivity index (χ2n) is 6.08. The number of carbonyl (C=O) groups excluding carboxylic acids is 1. The van der Waals surface area contributed by atoms with Crippen LogP contribution in [-0.2, 0) is 16.6 Å². The van der Waals surface area contributed by atoms with Gasteiger partial charge in [0.1, 0.15) is 5.82 Å². The number of anilines is 1. The number of hydrogen-bond acceptors (Lipinski definition) is 6. The number of pyridine rings is 1. The summed E-state index contributed by atoms with van der Waals surface area (Å²) in [5.41, 5.74) is 0.920. The first-order chi connectivity index (χ1) is 12.5. The predicted octanol–water partition coefficient (Wildman–Crippen LogP) is 1.50. The number of nitrogens with one attached hydrogen (secondary N) is 2. The van der Waals surface area contributed by atoms with Crippen LogP contribution in [0.25, 0.3) is 0 Å². The lowest BCUT2D eigenvalue weighted by molar-refractivity contribution is 0.0918. The van der Waals surface area contributed by atoms with Gasteiger partial charge in [-0.25, -0.2) is 18.1 Å². The minimum absolute atomic E-state index is 0.0517. The van der Waals surface area contributed by atoms with Gasteiger partial charge in [-0.2, -0.15) is 0 Å². The fourth-order valence-corrected chi connectivity index (χ4v) is 3.47. The Morgan fingerprint density at radius 1 is 1.23 bits per heavy atom. The van der Waals surface area contributed by atoms with Crippen LogP contribution in [0.15, 0.2) is 40.0 Å². The third-order valence-corrected chi connectivity index (χ3v) is 5.57. The monoisotopic (exact) mass is 378 g/mol. The molecule has 1 amide bonds. The molecule has 0 spiro atoms. The van der Waals surface area contributed by atoms with Crippen molar-refractivity contribution in [2.24, 2.45) is 0 Å². The van der Waals surface area contributed by atoms with Gasteiger partial charge >= 0.3 is 0 Å². The molecule has 0 unspecified atom stereocenters. The largest absolute Gasteiger partial charge is 0.438 e. The van der Waals surface area contributed by atoms with E-state index >= 15 is 0 Å². The number of furan rings is 1. The topological polar surface area (TPSA) is 105 Å². The standard InChI is InChI=1S/C17H22N4O4S/c1-18-26(23,24)16-6-5-14(25-16)17(22)20-12-13-7-8-19-15(11-13)21-9-3-2-4-10-21/h5-8,11,18H,2-4,9-10,12H2,1H3,(H,20,22). The van der Waals surface area contributed by atoms with Crippen LogP contribution in [0.1, 0.15) is 35.4 Å². The summed E-state index contributed by atoms with van der Waals surface area (Å²) in [5, 5.41) is 2.44. The van der Waals surface area contributed by atoms with Crippen molar-refractivity contribution in [2.45, 2.75) is 30.9 Å². The molecule has 9 heteroatoms. The molecule has 0 aliphatic carbocycles. The van der Waals surface area contributed by atoms with E-state index in [1.807, 2.05) is 12.1 Å². The van der Waals surface area contributed by atoms with E-state index in [9.17, 15) is 13.2 Å². The lowest BCUT2D eigenvalue weighted by Crippen LogP contribution is -2.30. The average Bonchev–Trinajstić information content (AvgIpc) is 3.18. The smallest absolute Gasteiger partial charge is 0.287 e. The second kappa shape index (κ2) is 7.88. The molecule has 2 N–H and O–H groups in total. The van der Waals surface area contributed by atoms with Gasteiger partial charge < -0.3 is 14.6 Å². The van der Waals surface area contributed by atoms with Crippen LogP contribution >= 0.6 is 0 Å². The highest BCUT2D eigenvalue weighted by atomic mass is 32.2. The normalized spacial score (nSPS) is 15.0. The first kappa shape index (κ1) is 18.4. The highest BCUT2D eigenvalue weighted by Crippen LogP contribution is 2.18. The molecule has 140 valence electrons. The fraction of sp³-hybridized carbons (Fsp3) is 0.412. The van der Waals surface area contributed by atoms with Crippen molar-refractivity contribution in [1.82, 2.24) is 15.0 Å². The van der Waals surface area contributed by atoms with Crippen LogP contribution in [-0.4, -0.2) is 39.4 Å². The number of carbonyl (C=O) groups is 1. The summed E-state index contributed by atoms with van der Waals surface area (Å²) in [6, 6.07) is 6.39. The highest BCUT2D eigenvalue weighted by Gasteiger charge is 2.19. The molecule has 2 aromatic rings. The van der Waals surface area contributed by atoms with Gasteiger partial charge in [0.25, 0.3) is 15.9 Å². The van der Waals surface area contributed by atoms with Crippen LogP contribution in [0.2, 0.25) is 0 Å². The molecule has 1 aliphatic rings. The number of sulfonamides is 1. The molecule has 8 nitrogen and oxygen atoms in total. The molecule has 1 aliphatic heterocycles. The minimum Gasteiger partial charge on any atom is -0.438 e. The Labute approximate surface area is 152 Å². The van der Waals surface area contributed by atoms with Gasteiger partial charge in [-0.15, -0.1) is 0 Å². The molecule has 0 aromatic carbocycles. The van der Waals surface area contributed by atoms with E-state index in [2.05, 4.69) is 19.9 Å². The van der Waals surface area contributed by atoms with Gasteiger partial charge in [-0.1, -0.05) is 0 Å². The molecule has 0 atom stereocenters. The summed E-state index contributed by atoms with van der Waals surface area (Å²) in [5.74, 6) is 0.389. The van der Waals surface area contributed by atoms with Gasteiger partial charge in [-0.3, -0.25) is 4.79 Å². The second-order valence-corrected chi connectivity index (χ2v) is 7.90. The summed E-state index contributed by atoms with van der Waals surface area (Å²) >= 11 is 0. The quantitative estimate of drug-likeness (QED) is 0.789. The summed E-state index contributed by atoms with van der Waals surface area (Å²) in [7, 11) is -2.43. The SMILES string of the molecule is CNS(=O)(=O)c1ccc(C(=O)NCc2ccnc(N3CCCCC3)c2)o1. The molecule has 1 saturated heterocycles. The Balaban J connectivity index is 1.63. The summed E-state index contributed by atoms with van der Waals surface area (Å²) < 4.78 is 30.6. The number of amides is 1. The third kappa shape index (κ3) is 4.23. The Hall–Kier alpha value is -2.39. The van der Waals surface area contributed by atoms with Crippen molar-refractivity contribution in [3.63, 3.8) is 0 Å². The molecule has 1 fully saturated rings. The maximum absolute atomic E-state index is 12.2. The van der Waals surface area contributed by atoms with Crippen molar-refractivity contribution in [3.05, 3.63) is 41.8 Å². The molecule has 3 heterocycles. The lowest BCUT2D eigenvalue weighted by Gasteiger charge is -2.27. The number of piperidine rings is 1. The van der Waals surface area contributed by atoms with Crippen molar-refractivity contribution < 1.29 is 17.6 Å². The summed E-state index contributed by atoms with van der Waals surface area (Å²) in [6.07, 6.45) is 5.31. The lowest BCUT2D eigenvalue weighted by atomic mass is 10.1. The van der Waals surface area contributed by atoms with Crippen LogP contribution in [0.3, 0.4) is 0 Å². The Morgan fingerprint density at radius 2 is 2.00 bits per heavy atom. The van der Waals surface area contributed by atoms with Gasteiger partial charge in [0.05, 0.1) is 0 Å². The van der Waals surface area contributed by atoms with Crippen molar-refractivity contribution in [1.29, 1.82) is 0 Å². The predicted molar refractivity (Wildman–Crippen MR) is 96.4 cm³/mol. The minimum atomic E-state index is -3.71. The zero-order valence-electron chi connectivity index (χ0n) is 14.6. The van der Waals surface area contributed by atoms with Crippen molar-refractivity contribution >= 4 is 21.7 Å². The van der Waals surface area contributed by atoms with Gasteiger partial charge in [0.15, 0.2) is 5.76 Å². The Morgan fingerprint density at radius 3 is 2.73 bits per heavy atom. The van der Waals surface area contributed by atoms with Crippen LogP contribution < -0.4 is 14.9 Å². The van der Waals surface area contributed by atoms with E-state index in [4.69, 9.17) is 4.42 Å². The summed E-state index contributed by atoms with van der Waals surface area (Å²) in [4.78, 5) is 18.8. The molecule has 26 heavy (non-hydrogen) atoms. The fourth-order valence-electron chi connectivity index (χ4n) is 2.82. The summed E-state index contributed by atoms with van der Waals surface area (Å²) in [6.45, 7) is 2.30. The Kier molecular flexibility index (Phi) is 5.58. The molecule has 3 rings (SSSR count). The first-order valence-corrected chi connectivity index (χ1v) is 9.99. The molecule has 0 radical (unpaired) electrons. The van der Waals surface area contributed by atoms with Crippen LogP contribution in [0, 0.1) is 0 Å². The number of aromatic nitrogens is 1. The highest BCUT2D eigenvalue weighted by molar-refractivity contribution is 7.89. The maximum Gasteiger partial charge on any atom is 0.287 e. The molecular weight excluding hydrogens is 356 g/mol. The van der Waals surface area contributed by atoms with E-state index in [1.165, 1.54) is 38.4 Å². The van der Waals surface area contributed by atoms with Crippen molar-refractivity contribution in [3.8, 4) is 0 Å².